The summed E-state index contributed by atoms with van der Waals surface area (Å²) in [6.07, 6.45) is 0. The number of amides is 2. The van der Waals surface area contributed by atoms with E-state index in [1.807, 2.05) is 24.4 Å². The lowest BCUT2D eigenvalue weighted by molar-refractivity contribution is 0.0714. The van der Waals surface area contributed by atoms with E-state index < -0.39 is 0 Å². The van der Waals surface area contributed by atoms with E-state index in [4.69, 9.17) is 14.0 Å². The third-order valence-corrected chi connectivity index (χ3v) is 5.18. The number of benzene rings is 1. The molecule has 3 rings (SSSR count). The fourth-order valence-electron chi connectivity index (χ4n) is 2.88. The summed E-state index contributed by atoms with van der Waals surface area (Å²) >= 11 is 1.56. The standard InChI is InChI=1S/C21H23N3O5S/c1-4-22-20(25)17-11-15(29-23-17)12-24(13-16-6-5-9-30-16)21(26)14-7-8-18(27-2)19(10-14)28-3/h5-11H,4,12-13H2,1-3H3,(H,22,25). The van der Waals surface area contributed by atoms with Crippen LogP contribution in [0.3, 0.4) is 0 Å². The van der Waals surface area contributed by atoms with Crippen molar-refractivity contribution in [2.45, 2.75) is 20.0 Å². The molecule has 30 heavy (non-hydrogen) atoms. The summed E-state index contributed by atoms with van der Waals surface area (Å²) in [7, 11) is 3.06. The summed E-state index contributed by atoms with van der Waals surface area (Å²) in [5, 5.41) is 8.43. The summed E-state index contributed by atoms with van der Waals surface area (Å²) in [6, 6.07) is 10.5. The molecule has 8 nitrogen and oxygen atoms in total. The summed E-state index contributed by atoms with van der Waals surface area (Å²) < 4.78 is 15.9. The van der Waals surface area contributed by atoms with Crippen LogP contribution >= 0.6 is 11.3 Å². The van der Waals surface area contributed by atoms with Gasteiger partial charge in [-0.25, -0.2) is 0 Å². The third kappa shape index (κ3) is 4.98. The highest BCUT2D eigenvalue weighted by Crippen LogP contribution is 2.28. The van der Waals surface area contributed by atoms with Crippen LogP contribution in [0.2, 0.25) is 0 Å². The van der Waals surface area contributed by atoms with Gasteiger partial charge in [0.2, 0.25) is 0 Å². The lowest BCUT2D eigenvalue weighted by Crippen LogP contribution is -2.29. The van der Waals surface area contributed by atoms with Gasteiger partial charge in [-0.3, -0.25) is 9.59 Å². The Morgan fingerprint density at radius 1 is 1.13 bits per heavy atom. The van der Waals surface area contributed by atoms with Crippen molar-refractivity contribution in [3.8, 4) is 11.5 Å². The van der Waals surface area contributed by atoms with Crippen molar-refractivity contribution in [2.75, 3.05) is 20.8 Å². The minimum atomic E-state index is -0.316. The Morgan fingerprint density at radius 2 is 1.93 bits per heavy atom. The van der Waals surface area contributed by atoms with Gasteiger partial charge in [-0.05, 0) is 36.6 Å². The zero-order valence-corrected chi connectivity index (χ0v) is 17.8. The average molecular weight is 429 g/mol. The van der Waals surface area contributed by atoms with Gasteiger partial charge in [0.05, 0.1) is 27.3 Å². The van der Waals surface area contributed by atoms with Crippen LogP contribution < -0.4 is 14.8 Å². The van der Waals surface area contributed by atoms with Crippen LogP contribution in [-0.4, -0.2) is 42.6 Å². The molecular formula is C21H23N3O5S. The molecule has 2 heterocycles. The summed E-state index contributed by atoms with van der Waals surface area (Å²) in [5.41, 5.74) is 0.633. The molecule has 2 aromatic heterocycles. The fraction of sp³-hybridized carbons (Fsp3) is 0.286. The van der Waals surface area contributed by atoms with Gasteiger partial charge in [0.1, 0.15) is 0 Å². The summed E-state index contributed by atoms with van der Waals surface area (Å²) in [4.78, 5) is 27.9. The molecule has 0 saturated heterocycles. The molecule has 1 aromatic carbocycles. The number of hydrogen-bond donors (Lipinski definition) is 1. The number of ether oxygens (including phenoxy) is 2. The number of carbonyl (C=O) groups excluding carboxylic acids is 2. The number of methoxy groups -OCH3 is 2. The van der Waals surface area contributed by atoms with E-state index in [0.717, 1.165) is 4.88 Å². The minimum Gasteiger partial charge on any atom is -0.493 e. The molecule has 2 amide bonds. The smallest absolute Gasteiger partial charge is 0.273 e. The van der Waals surface area contributed by atoms with Gasteiger partial charge in [0.25, 0.3) is 11.8 Å². The summed E-state index contributed by atoms with van der Waals surface area (Å²) in [6.45, 7) is 2.87. The first kappa shape index (κ1) is 21.4. The van der Waals surface area contributed by atoms with Crippen molar-refractivity contribution in [3.63, 3.8) is 0 Å². The highest BCUT2D eigenvalue weighted by Gasteiger charge is 2.22. The first-order valence-electron chi connectivity index (χ1n) is 9.33. The average Bonchev–Trinajstić information content (AvgIpc) is 3.44. The molecule has 1 N–H and O–H groups in total. The number of nitrogens with one attached hydrogen (secondary N) is 1. The fourth-order valence-corrected chi connectivity index (χ4v) is 3.60. The van der Waals surface area contributed by atoms with E-state index in [-0.39, 0.29) is 24.1 Å². The first-order chi connectivity index (χ1) is 14.5. The van der Waals surface area contributed by atoms with Gasteiger partial charge >= 0.3 is 0 Å². The molecule has 0 fully saturated rings. The van der Waals surface area contributed by atoms with E-state index in [0.29, 0.717) is 35.9 Å². The monoisotopic (exact) mass is 429 g/mol. The van der Waals surface area contributed by atoms with Crippen LogP contribution in [0.25, 0.3) is 0 Å². The summed E-state index contributed by atoms with van der Waals surface area (Å²) in [5.74, 6) is 0.906. The Kier molecular flexibility index (Phi) is 7.08. The minimum absolute atomic E-state index is 0.164. The molecular weight excluding hydrogens is 406 g/mol. The molecule has 158 valence electrons. The van der Waals surface area contributed by atoms with Crippen LogP contribution in [0.15, 0.2) is 46.3 Å². The molecule has 0 radical (unpaired) electrons. The molecule has 0 atom stereocenters. The number of rotatable bonds is 9. The lowest BCUT2D eigenvalue weighted by Gasteiger charge is -2.21. The van der Waals surface area contributed by atoms with Crippen molar-refractivity contribution < 1.29 is 23.6 Å². The molecule has 0 unspecified atom stereocenters. The van der Waals surface area contributed by atoms with Crippen LogP contribution in [0.5, 0.6) is 11.5 Å². The highest BCUT2D eigenvalue weighted by atomic mass is 32.1. The predicted molar refractivity (Wildman–Crippen MR) is 112 cm³/mol. The van der Waals surface area contributed by atoms with E-state index >= 15 is 0 Å². The van der Waals surface area contributed by atoms with Gasteiger partial charge < -0.3 is 24.2 Å². The maximum Gasteiger partial charge on any atom is 0.273 e. The second kappa shape index (κ2) is 9.93. The van der Waals surface area contributed by atoms with Gasteiger partial charge in [-0.1, -0.05) is 11.2 Å². The topological polar surface area (TPSA) is 93.9 Å². The second-order valence-electron chi connectivity index (χ2n) is 6.35. The molecule has 0 aliphatic rings. The normalized spacial score (nSPS) is 10.5. The number of hydrogen-bond acceptors (Lipinski definition) is 7. The molecule has 3 aromatic rings. The Labute approximate surface area is 178 Å². The van der Waals surface area contributed by atoms with Gasteiger partial charge in [-0.15, -0.1) is 11.3 Å². The van der Waals surface area contributed by atoms with Crippen LogP contribution in [-0.2, 0) is 13.1 Å². The zero-order chi connectivity index (χ0) is 21.5. The van der Waals surface area contributed by atoms with Crippen molar-refractivity contribution in [1.82, 2.24) is 15.4 Å². The highest BCUT2D eigenvalue weighted by molar-refractivity contribution is 7.09. The Balaban J connectivity index is 1.85. The number of nitrogens with zero attached hydrogens (tertiary/aromatic N) is 2. The molecule has 0 saturated carbocycles. The Hall–Kier alpha value is -3.33. The van der Waals surface area contributed by atoms with Crippen molar-refractivity contribution in [3.05, 3.63) is 63.7 Å². The van der Waals surface area contributed by atoms with Gasteiger partial charge in [0.15, 0.2) is 23.0 Å². The number of aromatic nitrogens is 1. The maximum atomic E-state index is 13.3. The predicted octanol–water partition coefficient (Wildman–Crippen LogP) is 3.35. The Bertz CT molecular complexity index is 1000. The van der Waals surface area contributed by atoms with Crippen LogP contribution in [0.1, 0.15) is 38.4 Å². The van der Waals surface area contributed by atoms with E-state index in [1.165, 1.54) is 7.11 Å². The molecule has 0 aliphatic carbocycles. The van der Waals surface area contributed by atoms with Crippen molar-refractivity contribution in [1.29, 1.82) is 0 Å². The first-order valence-corrected chi connectivity index (χ1v) is 10.2. The number of thiophene rings is 1. The number of carbonyl (C=O) groups is 2. The van der Waals surface area contributed by atoms with Gasteiger partial charge in [-0.2, -0.15) is 0 Å². The second-order valence-corrected chi connectivity index (χ2v) is 7.38. The molecule has 0 bridgehead atoms. The zero-order valence-electron chi connectivity index (χ0n) is 17.0. The maximum absolute atomic E-state index is 13.3. The SMILES string of the molecule is CCNC(=O)c1cc(CN(Cc2cccs2)C(=O)c2ccc(OC)c(OC)c2)on1. The molecule has 0 aliphatic heterocycles. The quantitative estimate of drug-likeness (QED) is 0.561. The Morgan fingerprint density at radius 3 is 2.60 bits per heavy atom. The van der Waals surface area contributed by atoms with Gasteiger partial charge in [0, 0.05) is 23.1 Å². The van der Waals surface area contributed by atoms with E-state index in [2.05, 4.69) is 10.5 Å². The van der Waals surface area contributed by atoms with Crippen molar-refractivity contribution >= 4 is 23.2 Å². The van der Waals surface area contributed by atoms with Crippen LogP contribution in [0, 0.1) is 0 Å². The largest absolute Gasteiger partial charge is 0.493 e. The van der Waals surface area contributed by atoms with E-state index in [9.17, 15) is 9.59 Å². The van der Waals surface area contributed by atoms with Crippen molar-refractivity contribution in [2.24, 2.45) is 0 Å². The lowest BCUT2D eigenvalue weighted by atomic mass is 10.1. The molecule has 0 spiro atoms. The van der Waals surface area contributed by atoms with Crippen LogP contribution in [0.4, 0.5) is 0 Å². The van der Waals surface area contributed by atoms with E-state index in [1.54, 1.807) is 47.6 Å². The third-order valence-electron chi connectivity index (χ3n) is 4.32. The molecule has 9 heteroatoms.